The first-order chi connectivity index (χ1) is 15.4. The molecule has 0 rings (SSSR count). The fraction of sp³-hybridized carbons (Fsp3) is 0.926. The third-order valence-electron chi connectivity index (χ3n) is 6.33. The Kier molecular flexibility index (Phi) is 21.0. The molecular formula is C27H54N2O3. The maximum absolute atomic E-state index is 11.9. The van der Waals surface area contributed by atoms with Gasteiger partial charge in [-0.3, -0.25) is 4.79 Å². The molecule has 0 aromatic heterocycles. The third kappa shape index (κ3) is 23.6. The molecule has 0 bridgehead atoms. The lowest BCUT2D eigenvalue weighted by molar-refractivity contribution is -0.884. The molecule has 1 N–H and O–H groups in total. The van der Waals surface area contributed by atoms with Gasteiger partial charge in [0.1, 0.15) is 6.54 Å². The van der Waals surface area contributed by atoms with Crippen molar-refractivity contribution >= 4 is 11.9 Å². The number of likely N-dealkylation sites (N-methyl/N-ethyl adjacent to an activating group) is 1. The minimum Gasteiger partial charge on any atom is -0.544 e. The molecule has 0 saturated heterocycles. The fourth-order valence-electron chi connectivity index (χ4n) is 4.26. The summed E-state index contributed by atoms with van der Waals surface area (Å²) in [6.45, 7) is 3.62. The van der Waals surface area contributed by atoms with E-state index in [1.165, 1.54) is 96.3 Å². The zero-order valence-electron chi connectivity index (χ0n) is 21.7. The summed E-state index contributed by atoms with van der Waals surface area (Å²) in [5.41, 5.74) is 0. The number of carboxylic acids is 1. The lowest BCUT2D eigenvalue weighted by atomic mass is 10.0. The summed E-state index contributed by atoms with van der Waals surface area (Å²) in [6.07, 6.45) is 24.3. The van der Waals surface area contributed by atoms with Crippen LogP contribution in [0.4, 0.5) is 0 Å². The molecule has 1 amide bonds. The lowest BCUT2D eigenvalue weighted by Gasteiger charge is -2.30. The van der Waals surface area contributed by atoms with Gasteiger partial charge in [0.05, 0.1) is 26.6 Å². The van der Waals surface area contributed by atoms with Crippen molar-refractivity contribution in [2.75, 3.05) is 33.7 Å². The monoisotopic (exact) mass is 454 g/mol. The van der Waals surface area contributed by atoms with Crippen LogP contribution in [0.25, 0.3) is 0 Å². The minimum absolute atomic E-state index is 0.00714. The zero-order valence-corrected chi connectivity index (χ0v) is 21.7. The number of rotatable bonds is 24. The number of carbonyl (C=O) groups is 2. The third-order valence-corrected chi connectivity index (χ3v) is 6.33. The fourth-order valence-corrected chi connectivity index (χ4v) is 4.26. The highest BCUT2D eigenvalue weighted by atomic mass is 16.4. The summed E-state index contributed by atoms with van der Waals surface area (Å²) >= 11 is 0. The van der Waals surface area contributed by atoms with Gasteiger partial charge in [-0.25, -0.2) is 0 Å². The van der Waals surface area contributed by atoms with Crippen molar-refractivity contribution < 1.29 is 19.2 Å². The SMILES string of the molecule is CCCCCCCCCCCCCCCCCCCC(=O)NCCC[N+](C)(C)CC(=O)[O-]. The number of unbranched alkanes of at least 4 members (excludes halogenated alkanes) is 16. The highest BCUT2D eigenvalue weighted by molar-refractivity contribution is 5.75. The number of nitrogens with zero attached hydrogens (tertiary/aromatic N) is 1. The quantitative estimate of drug-likeness (QED) is 0.158. The van der Waals surface area contributed by atoms with Crippen molar-refractivity contribution in [1.82, 2.24) is 5.32 Å². The maximum Gasteiger partial charge on any atom is 0.219 e. The van der Waals surface area contributed by atoms with Gasteiger partial charge < -0.3 is 19.7 Å². The Morgan fingerprint density at radius 2 is 1.06 bits per heavy atom. The molecule has 5 heteroatoms. The summed E-state index contributed by atoms with van der Waals surface area (Å²) in [4.78, 5) is 22.6. The Hall–Kier alpha value is -1.10. The first kappa shape index (κ1) is 30.9. The van der Waals surface area contributed by atoms with Crippen LogP contribution in [0.2, 0.25) is 0 Å². The van der Waals surface area contributed by atoms with Crippen molar-refractivity contribution in [2.45, 2.75) is 129 Å². The second-order valence-electron chi connectivity index (χ2n) is 10.3. The van der Waals surface area contributed by atoms with E-state index in [9.17, 15) is 14.7 Å². The first-order valence-electron chi connectivity index (χ1n) is 13.7. The molecule has 0 atom stereocenters. The van der Waals surface area contributed by atoms with Crippen LogP contribution in [0.5, 0.6) is 0 Å². The van der Waals surface area contributed by atoms with Crippen LogP contribution in [0.15, 0.2) is 0 Å². The van der Waals surface area contributed by atoms with Gasteiger partial charge in [0.15, 0.2) is 0 Å². The Labute approximate surface area is 199 Å². The van der Waals surface area contributed by atoms with Gasteiger partial charge in [0.25, 0.3) is 0 Å². The topological polar surface area (TPSA) is 69.2 Å². The molecular weight excluding hydrogens is 400 g/mol. The molecule has 32 heavy (non-hydrogen) atoms. The summed E-state index contributed by atoms with van der Waals surface area (Å²) in [5.74, 6) is -0.908. The van der Waals surface area contributed by atoms with Crippen LogP contribution in [-0.2, 0) is 9.59 Å². The van der Waals surface area contributed by atoms with Gasteiger partial charge in [-0.05, 0) is 6.42 Å². The van der Waals surface area contributed by atoms with E-state index >= 15 is 0 Å². The minimum atomic E-state index is -1.03. The molecule has 0 unspecified atom stereocenters. The van der Waals surface area contributed by atoms with E-state index in [4.69, 9.17) is 0 Å². The van der Waals surface area contributed by atoms with Crippen molar-refractivity contribution in [2.24, 2.45) is 0 Å². The van der Waals surface area contributed by atoms with E-state index < -0.39 is 5.97 Å². The van der Waals surface area contributed by atoms with Crippen LogP contribution in [0, 0.1) is 0 Å². The number of carbonyl (C=O) groups excluding carboxylic acids is 2. The van der Waals surface area contributed by atoms with Gasteiger partial charge >= 0.3 is 0 Å². The number of carboxylic acid groups (broad SMARTS) is 1. The van der Waals surface area contributed by atoms with E-state index in [1.54, 1.807) is 0 Å². The van der Waals surface area contributed by atoms with Gasteiger partial charge in [-0.1, -0.05) is 110 Å². The molecule has 5 nitrogen and oxygen atoms in total. The largest absolute Gasteiger partial charge is 0.544 e. The van der Waals surface area contributed by atoms with Crippen LogP contribution in [-0.4, -0.2) is 50.1 Å². The summed E-state index contributed by atoms with van der Waals surface area (Å²) < 4.78 is 0.386. The predicted octanol–water partition coefficient (Wildman–Crippen LogP) is 5.36. The average Bonchev–Trinajstić information content (AvgIpc) is 2.72. The Morgan fingerprint density at radius 1 is 0.656 bits per heavy atom. The van der Waals surface area contributed by atoms with Crippen LogP contribution in [0.3, 0.4) is 0 Å². The molecule has 0 aliphatic rings. The second kappa shape index (κ2) is 21.7. The number of hydrogen-bond acceptors (Lipinski definition) is 3. The number of hydrogen-bond donors (Lipinski definition) is 1. The Morgan fingerprint density at radius 3 is 1.47 bits per heavy atom. The first-order valence-corrected chi connectivity index (χ1v) is 13.7. The molecule has 0 aromatic rings. The average molecular weight is 455 g/mol. The van der Waals surface area contributed by atoms with Gasteiger partial charge in [-0.2, -0.15) is 0 Å². The second-order valence-corrected chi connectivity index (χ2v) is 10.3. The summed E-state index contributed by atoms with van der Waals surface area (Å²) in [6, 6.07) is 0. The Bertz CT molecular complexity index is 452. The number of nitrogens with one attached hydrogen (secondary N) is 1. The molecule has 0 saturated carbocycles. The molecule has 190 valence electrons. The molecule has 0 aliphatic carbocycles. The van der Waals surface area contributed by atoms with E-state index in [1.807, 2.05) is 14.1 Å². The van der Waals surface area contributed by atoms with Gasteiger partial charge in [0.2, 0.25) is 5.91 Å². The zero-order chi connectivity index (χ0) is 23.9. The van der Waals surface area contributed by atoms with Crippen molar-refractivity contribution in [3.8, 4) is 0 Å². The van der Waals surface area contributed by atoms with E-state index in [2.05, 4.69) is 12.2 Å². The Balaban J connectivity index is 3.28. The predicted molar refractivity (Wildman–Crippen MR) is 133 cm³/mol. The van der Waals surface area contributed by atoms with Crippen molar-refractivity contribution in [3.63, 3.8) is 0 Å². The molecule has 0 aromatic carbocycles. The normalized spacial score (nSPS) is 11.6. The molecule has 0 spiro atoms. The van der Waals surface area contributed by atoms with Crippen molar-refractivity contribution in [3.05, 3.63) is 0 Å². The standard InChI is InChI=1S/C27H54N2O3/c1-4-5-6-7-8-9-10-11-12-13-14-15-16-17-18-19-20-22-26(30)28-23-21-24-29(2,3)25-27(31)32/h4-25H2,1-3H3,(H-,28,30,31,32). The van der Waals surface area contributed by atoms with Crippen molar-refractivity contribution in [1.29, 1.82) is 0 Å². The number of quaternary nitrogens is 1. The van der Waals surface area contributed by atoms with E-state index in [0.717, 1.165) is 19.3 Å². The number of amides is 1. The number of aliphatic carboxylic acids is 1. The highest BCUT2D eigenvalue weighted by Crippen LogP contribution is 2.14. The van der Waals surface area contributed by atoms with E-state index in [-0.39, 0.29) is 12.5 Å². The summed E-state index contributed by atoms with van der Waals surface area (Å²) in [7, 11) is 3.74. The lowest BCUT2D eigenvalue weighted by Crippen LogP contribution is -2.49. The molecule has 0 fully saturated rings. The van der Waals surface area contributed by atoms with E-state index in [0.29, 0.717) is 24.0 Å². The van der Waals surface area contributed by atoms with Gasteiger partial charge in [-0.15, -0.1) is 0 Å². The van der Waals surface area contributed by atoms with Crippen LogP contribution in [0.1, 0.15) is 129 Å². The maximum atomic E-state index is 11.9. The smallest absolute Gasteiger partial charge is 0.219 e. The summed E-state index contributed by atoms with van der Waals surface area (Å²) in [5, 5.41) is 13.6. The highest BCUT2D eigenvalue weighted by Gasteiger charge is 2.14. The molecule has 0 aliphatic heterocycles. The van der Waals surface area contributed by atoms with Gasteiger partial charge in [0, 0.05) is 19.4 Å². The van der Waals surface area contributed by atoms with Crippen LogP contribution < -0.4 is 10.4 Å². The molecule has 0 radical (unpaired) electrons. The van der Waals surface area contributed by atoms with Crippen LogP contribution >= 0.6 is 0 Å². The molecule has 0 heterocycles.